The van der Waals surface area contributed by atoms with Crippen molar-refractivity contribution in [1.82, 2.24) is 4.98 Å². The summed E-state index contributed by atoms with van der Waals surface area (Å²) in [6, 6.07) is 30.4. The quantitative estimate of drug-likeness (QED) is 0.189. The van der Waals surface area contributed by atoms with Crippen molar-refractivity contribution in [2.24, 2.45) is 0 Å². The Morgan fingerprint density at radius 3 is 2.27 bits per heavy atom. The Morgan fingerprint density at radius 2 is 1.59 bits per heavy atom. The van der Waals surface area contributed by atoms with Gasteiger partial charge in [0.2, 0.25) is 0 Å². The van der Waals surface area contributed by atoms with Crippen molar-refractivity contribution in [3.63, 3.8) is 0 Å². The number of carbonyl (C=O) groups excluding carboxylic acids is 1. The summed E-state index contributed by atoms with van der Waals surface area (Å²) in [5.74, 6) is 0.426. The van der Waals surface area contributed by atoms with Gasteiger partial charge in [-0.2, -0.15) is 0 Å². The lowest BCUT2D eigenvalue weighted by Gasteiger charge is -2.33. The molecule has 0 aliphatic heterocycles. The lowest BCUT2D eigenvalue weighted by Crippen LogP contribution is -2.35. The number of nitrogens with zero attached hydrogens (tertiary/aromatic N) is 2. The van der Waals surface area contributed by atoms with Crippen LogP contribution in [0.1, 0.15) is 34.5 Å². The largest absolute Gasteiger partial charge is 0.494 e. The van der Waals surface area contributed by atoms with Gasteiger partial charge in [-0.1, -0.05) is 48.5 Å². The predicted molar refractivity (Wildman–Crippen MR) is 144 cm³/mol. The molecule has 0 aliphatic carbocycles. The minimum atomic E-state index is -0.475. The van der Waals surface area contributed by atoms with Crippen molar-refractivity contribution >= 4 is 28.2 Å². The van der Waals surface area contributed by atoms with Crippen LogP contribution in [0.4, 0.5) is 11.4 Å². The molecule has 0 bridgehead atoms. The van der Waals surface area contributed by atoms with Crippen LogP contribution in [0.25, 0.3) is 10.9 Å². The minimum Gasteiger partial charge on any atom is -0.494 e. The van der Waals surface area contributed by atoms with Gasteiger partial charge in [0.25, 0.3) is 11.6 Å². The molecular weight excluding hydrogens is 466 g/mol. The summed E-state index contributed by atoms with van der Waals surface area (Å²) in [4.78, 5) is 30.0. The highest BCUT2D eigenvalue weighted by Crippen LogP contribution is 2.38. The number of nitrogens with one attached hydrogen (secondary N) is 1. The van der Waals surface area contributed by atoms with Gasteiger partial charge in [0, 0.05) is 46.0 Å². The number of hydrogen-bond donors (Lipinski definition) is 1. The molecule has 1 atom stereocenters. The zero-order valence-electron chi connectivity index (χ0n) is 20.2. The maximum atomic E-state index is 14.2. The maximum absolute atomic E-state index is 14.2. The van der Waals surface area contributed by atoms with Crippen molar-refractivity contribution in [2.75, 3.05) is 11.5 Å². The number of H-pyrrole nitrogens is 1. The molecule has 4 aromatic carbocycles. The second-order valence-corrected chi connectivity index (χ2v) is 8.51. The summed E-state index contributed by atoms with van der Waals surface area (Å²) in [6.45, 7) is 2.45. The van der Waals surface area contributed by atoms with Crippen LogP contribution in [0.3, 0.4) is 0 Å². The van der Waals surface area contributed by atoms with Crippen LogP contribution in [0.5, 0.6) is 5.75 Å². The number of benzene rings is 4. The summed E-state index contributed by atoms with van der Waals surface area (Å²) in [5.41, 5.74) is 3.78. The van der Waals surface area contributed by atoms with Crippen molar-refractivity contribution in [3.05, 3.63) is 136 Å². The van der Waals surface area contributed by atoms with Crippen molar-refractivity contribution in [2.45, 2.75) is 13.0 Å². The molecule has 0 saturated heterocycles. The molecule has 1 aromatic heterocycles. The van der Waals surface area contributed by atoms with E-state index in [1.807, 2.05) is 92.0 Å². The third kappa shape index (κ3) is 4.79. The van der Waals surface area contributed by atoms with E-state index in [4.69, 9.17) is 4.74 Å². The molecule has 7 nitrogen and oxygen atoms in total. The van der Waals surface area contributed by atoms with E-state index in [2.05, 4.69) is 4.98 Å². The van der Waals surface area contributed by atoms with Gasteiger partial charge in [0.15, 0.2) is 0 Å². The van der Waals surface area contributed by atoms with E-state index in [1.54, 1.807) is 4.90 Å². The summed E-state index contributed by atoms with van der Waals surface area (Å²) in [7, 11) is 0. The summed E-state index contributed by atoms with van der Waals surface area (Å²) in [5, 5.41) is 12.2. The molecule has 0 saturated carbocycles. The average Bonchev–Trinajstić information content (AvgIpc) is 3.36. The van der Waals surface area contributed by atoms with Gasteiger partial charge in [-0.05, 0) is 55.0 Å². The van der Waals surface area contributed by atoms with E-state index in [0.29, 0.717) is 23.6 Å². The first kappa shape index (κ1) is 23.8. The fourth-order valence-corrected chi connectivity index (χ4v) is 4.54. The zero-order valence-corrected chi connectivity index (χ0v) is 20.2. The van der Waals surface area contributed by atoms with Crippen LogP contribution >= 0.6 is 0 Å². The molecule has 0 spiro atoms. The van der Waals surface area contributed by atoms with Crippen molar-refractivity contribution in [3.8, 4) is 5.75 Å². The third-order valence-electron chi connectivity index (χ3n) is 6.26. The number of nitro groups is 1. The lowest BCUT2D eigenvalue weighted by molar-refractivity contribution is -0.384. The summed E-state index contributed by atoms with van der Waals surface area (Å²) >= 11 is 0. The fraction of sp³-hybridized carbons (Fsp3) is 0.100. The highest BCUT2D eigenvalue weighted by Gasteiger charge is 2.31. The molecule has 1 heterocycles. The Kier molecular flexibility index (Phi) is 6.68. The second kappa shape index (κ2) is 10.4. The standard InChI is InChI=1S/C30H25N3O4/c1-2-37-25-18-16-23(17-19-25)32(30(34)22-12-14-24(15-13-22)33(35)36)29(21-8-4-3-5-9-21)27-20-31-28-11-7-6-10-26(27)28/h3-20,29,31H,2H2,1H3. The molecule has 0 radical (unpaired) electrons. The number of hydrogen-bond acceptors (Lipinski definition) is 4. The topological polar surface area (TPSA) is 88.5 Å². The SMILES string of the molecule is CCOc1ccc(N(C(=O)c2ccc([N+](=O)[O-])cc2)C(c2ccccc2)c2c[nH]c3ccccc23)cc1. The van der Waals surface area contributed by atoms with Crippen LogP contribution < -0.4 is 9.64 Å². The molecule has 184 valence electrons. The van der Waals surface area contributed by atoms with Crippen LogP contribution in [0, 0.1) is 10.1 Å². The number of rotatable bonds is 8. The predicted octanol–water partition coefficient (Wildman–Crippen LogP) is 6.91. The number of non-ortho nitro benzene ring substituents is 1. The molecule has 1 N–H and O–H groups in total. The monoisotopic (exact) mass is 491 g/mol. The number of amides is 1. The first-order valence-electron chi connectivity index (χ1n) is 12.0. The van der Waals surface area contributed by atoms with E-state index < -0.39 is 11.0 Å². The van der Waals surface area contributed by atoms with E-state index in [1.165, 1.54) is 24.3 Å². The lowest BCUT2D eigenvalue weighted by atomic mass is 9.95. The van der Waals surface area contributed by atoms with Crippen LogP contribution in [0.2, 0.25) is 0 Å². The molecule has 5 aromatic rings. The van der Waals surface area contributed by atoms with Gasteiger partial charge in [-0.15, -0.1) is 0 Å². The van der Waals surface area contributed by atoms with Crippen molar-refractivity contribution in [1.29, 1.82) is 0 Å². The van der Waals surface area contributed by atoms with E-state index in [-0.39, 0.29) is 11.6 Å². The highest BCUT2D eigenvalue weighted by molar-refractivity contribution is 6.07. The van der Waals surface area contributed by atoms with E-state index >= 15 is 0 Å². The number of carbonyl (C=O) groups is 1. The fourth-order valence-electron chi connectivity index (χ4n) is 4.54. The first-order chi connectivity index (χ1) is 18.1. The van der Waals surface area contributed by atoms with E-state index in [9.17, 15) is 14.9 Å². The number of aromatic amines is 1. The zero-order chi connectivity index (χ0) is 25.8. The van der Waals surface area contributed by atoms with E-state index in [0.717, 1.165) is 22.0 Å². The number of anilines is 1. The van der Waals surface area contributed by atoms with Gasteiger partial charge in [-0.25, -0.2) is 0 Å². The van der Waals surface area contributed by atoms with Gasteiger partial charge in [0.05, 0.1) is 17.6 Å². The molecule has 5 rings (SSSR count). The van der Waals surface area contributed by atoms with Crippen LogP contribution in [0.15, 0.2) is 109 Å². The number of fused-ring (bicyclic) bond motifs is 1. The number of para-hydroxylation sites is 1. The Bertz CT molecular complexity index is 1530. The molecule has 1 unspecified atom stereocenters. The van der Waals surface area contributed by atoms with Crippen molar-refractivity contribution < 1.29 is 14.5 Å². The van der Waals surface area contributed by atoms with Gasteiger partial charge < -0.3 is 9.72 Å². The van der Waals surface area contributed by atoms with Gasteiger partial charge in [0.1, 0.15) is 5.75 Å². The smallest absolute Gasteiger partial charge is 0.269 e. The second-order valence-electron chi connectivity index (χ2n) is 8.51. The Morgan fingerprint density at radius 1 is 0.919 bits per heavy atom. The Hall–Kier alpha value is -4.91. The van der Waals surface area contributed by atoms with Gasteiger partial charge >= 0.3 is 0 Å². The van der Waals surface area contributed by atoms with Crippen LogP contribution in [-0.4, -0.2) is 22.4 Å². The Balaban J connectivity index is 1.70. The number of ether oxygens (including phenoxy) is 1. The highest BCUT2D eigenvalue weighted by atomic mass is 16.6. The Labute approximate surface area is 214 Å². The third-order valence-corrected chi connectivity index (χ3v) is 6.26. The normalized spacial score (nSPS) is 11.7. The summed E-state index contributed by atoms with van der Waals surface area (Å²) in [6.07, 6.45) is 1.94. The maximum Gasteiger partial charge on any atom is 0.269 e. The molecule has 1 amide bonds. The molecule has 7 heteroatoms. The van der Waals surface area contributed by atoms with Gasteiger partial charge in [-0.3, -0.25) is 19.8 Å². The minimum absolute atomic E-state index is 0.0691. The number of aromatic nitrogens is 1. The average molecular weight is 492 g/mol. The number of nitro benzene ring substituents is 1. The molecular formula is C30H25N3O4. The molecule has 0 fully saturated rings. The summed E-state index contributed by atoms with van der Waals surface area (Å²) < 4.78 is 5.62. The first-order valence-corrected chi connectivity index (χ1v) is 12.0. The molecule has 37 heavy (non-hydrogen) atoms. The molecule has 0 aliphatic rings. The van der Waals surface area contributed by atoms with Crippen LogP contribution in [-0.2, 0) is 0 Å².